The largest absolute Gasteiger partial charge is 0.501 e. The fourth-order valence-electron chi connectivity index (χ4n) is 2.36. The standard InChI is InChI=1S/C17H14ClF2N3O3S/c1-2-26-6-5-10-7-13(19)17(22-16(10)20)23-27(24,25)15-9-21-14-8-11(18)3-4-12(14)15/h3-9,21H,2H2,1H3,(H,22,23)/b6-5+. The molecule has 0 aliphatic carbocycles. The molecule has 10 heteroatoms. The molecule has 0 fully saturated rings. The highest BCUT2D eigenvalue weighted by Gasteiger charge is 2.22. The molecule has 2 aromatic heterocycles. The van der Waals surface area contributed by atoms with Gasteiger partial charge in [-0.15, -0.1) is 0 Å². The fraction of sp³-hybridized carbons (Fsp3) is 0.118. The van der Waals surface area contributed by atoms with Gasteiger partial charge in [-0.05, 0) is 37.3 Å². The number of fused-ring (bicyclic) bond motifs is 1. The lowest BCUT2D eigenvalue weighted by Gasteiger charge is -2.08. The molecule has 2 heterocycles. The highest BCUT2D eigenvalue weighted by Crippen LogP contribution is 2.27. The Morgan fingerprint density at radius 1 is 1.33 bits per heavy atom. The zero-order valence-electron chi connectivity index (χ0n) is 14.0. The predicted octanol–water partition coefficient (Wildman–Crippen LogP) is 4.30. The lowest BCUT2D eigenvalue weighted by molar-refractivity contribution is 0.272. The molecule has 1 aromatic carbocycles. The molecule has 0 saturated carbocycles. The molecule has 2 N–H and O–H groups in total. The fourth-order valence-corrected chi connectivity index (χ4v) is 3.72. The van der Waals surface area contributed by atoms with Crippen LogP contribution in [-0.4, -0.2) is 25.0 Å². The summed E-state index contributed by atoms with van der Waals surface area (Å²) in [6.07, 6.45) is 3.62. The summed E-state index contributed by atoms with van der Waals surface area (Å²) < 4.78 is 60.3. The Balaban J connectivity index is 1.94. The van der Waals surface area contributed by atoms with Crippen molar-refractivity contribution >= 4 is 44.4 Å². The Morgan fingerprint density at radius 3 is 2.85 bits per heavy atom. The normalized spacial score (nSPS) is 12.0. The molecule has 0 unspecified atom stereocenters. The third kappa shape index (κ3) is 4.04. The van der Waals surface area contributed by atoms with Crippen molar-refractivity contribution in [2.24, 2.45) is 0 Å². The maximum atomic E-state index is 14.2. The predicted molar refractivity (Wildman–Crippen MR) is 98.9 cm³/mol. The van der Waals surface area contributed by atoms with E-state index in [1.54, 1.807) is 13.0 Å². The number of sulfonamides is 1. The van der Waals surface area contributed by atoms with Crippen LogP contribution in [0.15, 0.2) is 41.6 Å². The number of benzene rings is 1. The molecular weight excluding hydrogens is 400 g/mol. The first kappa shape index (κ1) is 19.1. The number of aromatic nitrogens is 2. The first-order valence-corrected chi connectivity index (χ1v) is 9.61. The first-order valence-electron chi connectivity index (χ1n) is 7.75. The van der Waals surface area contributed by atoms with Gasteiger partial charge in [0.2, 0.25) is 5.95 Å². The second-order valence-electron chi connectivity index (χ2n) is 5.41. The van der Waals surface area contributed by atoms with Crippen molar-refractivity contribution in [1.29, 1.82) is 0 Å². The van der Waals surface area contributed by atoms with Crippen molar-refractivity contribution in [2.75, 3.05) is 11.3 Å². The maximum absolute atomic E-state index is 14.2. The average molecular weight is 414 g/mol. The quantitative estimate of drug-likeness (QED) is 0.466. The molecular formula is C17H14ClF2N3O3S. The van der Waals surface area contributed by atoms with Gasteiger partial charge in [-0.3, -0.25) is 4.72 Å². The summed E-state index contributed by atoms with van der Waals surface area (Å²) in [6.45, 7) is 2.10. The summed E-state index contributed by atoms with van der Waals surface area (Å²) in [6, 6.07) is 5.40. The highest BCUT2D eigenvalue weighted by atomic mass is 35.5. The monoisotopic (exact) mass is 413 g/mol. The van der Waals surface area contributed by atoms with E-state index >= 15 is 0 Å². The summed E-state index contributed by atoms with van der Waals surface area (Å²) in [4.78, 5) is 6.00. The minimum Gasteiger partial charge on any atom is -0.501 e. The molecule has 27 heavy (non-hydrogen) atoms. The Morgan fingerprint density at radius 2 is 2.11 bits per heavy atom. The van der Waals surface area contributed by atoms with Gasteiger partial charge in [0.25, 0.3) is 10.0 Å². The zero-order chi connectivity index (χ0) is 19.6. The van der Waals surface area contributed by atoms with Gasteiger partial charge in [-0.2, -0.15) is 9.37 Å². The van der Waals surface area contributed by atoms with Crippen LogP contribution in [0, 0.1) is 11.8 Å². The molecule has 0 amide bonds. The SMILES string of the molecule is CCO/C=C/c1cc(F)c(NS(=O)(=O)c2c[nH]c3cc(Cl)ccc23)nc1F. The summed E-state index contributed by atoms with van der Waals surface area (Å²) in [5.41, 5.74) is 0.310. The molecule has 142 valence electrons. The van der Waals surface area contributed by atoms with Gasteiger partial charge in [0.15, 0.2) is 11.6 Å². The van der Waals surface area contributed by atoms with E-state index in [1.165, 1.54) is 30.7 Å². The second-order valence-corrected chi connectivity index (χ2v) is 7.49. The van der Waals surface area contributed by atoms with Crippen molar-refractivity contribution in [3.63, 3.8) is 0 Å². The van der Waals surface area contributed by atoms with Crippen LogP contribution in [0.1, 0.15) is 12.5 Å². The Bertz CT molecular complexity index is 1130. The van der Waals surface area contributed by atoms with E-state index < -0.39 is 27.6 Å². The van der Waals surface area contributed by atoms with Gasteiger partial charge >= 0.3 is 0 Å². The Hall–Kier alpha value is -2.65. The first-order chi connectivity index (χ1) is 12.8. The molecule has 0 bridgehead atoms. The van der Waals surface area contributed by atoms with Gasteiger partial charge in [-0.25, -0.2) is 12.8 Å². The van der Waals surface area contributed by atoms with Crippen molar-refractivity contribution in [1.82, 2.24) is 9.97 Å². The number of anilines is 1. The maximum Gasteiger partial charge on any atom is 0.265 e. The smallest absolute Gasteiger partial charge is 0.265 e. The van der Waals surface area contributed by atoms with Gasteiger partial charge in [0.1, 0.15) is 4.90 Å². The van der Waals surface area contributed by atoms with E-state index in [0.29, 0.717) is 22.5 Å². The molecule has 0 atom stereocenters. The second kappa shape index (κ2) is 7.53. The van der Waals surface area contributed by atoms with Crippen molar-refractivity contribution in [3.8, 4) is 0 Å². The average Bonchev–Trinajstić information content (AvgIpc) is 3.03. The minimum absolute atomic E-state index is 0.143. The van der Waals surface area contributed by atoms with Crippen LogP contribution < -0.4 is 4.72 Å². The summed E-state index contributed by atoms with van der Waals surface area (Å²) >= 11 is 5.87. The van der Waals surface area contributed by atoms with E-state index in [9.17, 15) is 17.2 Å². The highest BCUT2D eigenvalue weighted by molar-refractivity contribution is 7.93. The third-order valence-electron chi connectivity index (χ3n) is 3.59. The van der Waals surface area contributed by atoms with Crippen LogP contribution in [0.5, 0.6) is 0 Å². The van der Waals surface area contributed by atoms with E-state index in [1.807, 2.05) is 4.72 Å². The summed E-state index contributed by atoms with van der Waals surface area (Å²) in [5, 5.41) is 0.774. The summed E-state index contributed by atoms with van der Waals surface area (Å²) in [5.74, 6) is -2.82. The van der Waals surface area contributed by atoms with Crippen molar-refractivity contribution in [2.45, 2.75) is 11.8 Å². The lowest BCUT2D eigenvalue weighted by Crippen LogP contribution is -2.15. The Labute approximate surface area is 158 Å². The van der Waals surface area contributed by atoms with Crippen LogP contribution in [0.2, 0.25) is 5.02 Å². The number of nitrogens with one attached hydrogen (secondary N) is 2. The van der Waals surface area contributed by atoms with E-state index in [2.05, 4.69) is 9.97 Å². The molecule has 6 nitrogen and oxygen atoms in total. The molecule has 0 spiro atoms. The molecule has 0 saturated heterocycles. The van der Waals surface area contributed by atoms with Crippen LogP contribution in [0.4, 0.5) is 14.6 Å². The minimum atomic E-state index is -4.22. The molecule has 0 aliphatic heterocycles. The molecule has 3 aromatic rings. The van der Waals surface area contributed by atoms with Crippen molar-refractivity contribution < 1.29 is 21.9 Å². The molecule has 3 rings (SSSR count). The molecule has 0 radical (unpaired) electrons. The zero-order valence-corrected chi connectivity index (χ0v) is 15.5. The third-order valence-corrected chi connectivity index (χ3v) is 5.21. The van der Waals surface area contributed by atoms with Gasteiger partial charge in [-0.1, -0.05) is 11.6 Å². The van der Waals surface area contributed by atoms with Gasteiger partial charge in [0, 0.05) is 27.7 Å². The van der Waals surface area contributed by atoms with Crippen LogP contribution in [-0.2, 0) is 14.8 Å². The number of H-pyrrole nitrogens is 1. The topological polar surface area (TPSA) is 84.1 Å². The van der Waals surface area contributed by atoms with E-state index in [0.717, 1.165) is 6.07 Å². The number of nitrogens with zero attached hydrogens (tertiary/aromatic N) is 1. The van der Waals surface area contributed by atoms with E-state index in [4.69, 9.17) is 16.3 Å². The Kier molecular flexibility index (Phi) is 5.33. The number of pyridine rings is 1. The van der Waals surface area contributed by atoms with Gasteiger partial charge in [0.05, 0.1) is 12.9 Å². The van der Waals surface area contributed by atoms with Crippen molar-refractivity contribution in [3.05, 3.63) is 59.1 Å². The van der Waals surface area contributed by atoms with Crippen LogP contribution in [0.3, 0.4) is 0 Å². The van der Waals surface area contributed by atoms with Crippen LogP contribution in [0.25, 0.3) is 17.0 Å². The number of hydrogen-bond donors (Lipinski definition) is 2. The van der Waals surface area contributed by atoms with E-state index in [-0.39, 0.29) is 10.5 Å². The number of ether oxygens (including phenoxy) is 1. The lowest BCUT2D eigenvalue weighted by atomic mass is 10.2. The number of halogens is 3. The van der Waals surface area contributed by atoms with Gasteiger partial charge < -0.3 is 9.72 Å². The summed E-state index contributed by atoms with van der Waals surface area (Å²) in [7, 11) is -4.22. The van der Waals surface area contributed by atoms with Crippen LogP contribution >= 0.6 is 11.6 Å². The number of hydrogen-bond acceptors (Lipinski definition) is 4. The number of rotatable bonds is 6. The number of aromatic amines is 1. The molecule has 0 aliphatic rings.